The molecule has 1 amide bonds. The first-order valence-electron chi connectivity index (χ1n) is 9.88. The minimum Gasteiger partial charge on any atom is -0.390 e. The zero-order valence-electron chi connectivity index (χ0n) is 16.3. The second kappa shape index (κ2) is 7.64. The number of benzene rings is 1. The quantitative estimate of drug-likeness (QED) is 0.653. The first kappa shape index (κ1) is 19.1. The van der Waals surface area contributed by atoms with Crippen LogP contribution >= 0.6 is 11.3 Å². The summed E-state index contributed by atoms with van der Waals surface area (Å²) in [6, 6.07) is 12.0. The molecule has 28 heavy (non-hydrogen) atoms. The number of carbonyl (C=O) groups excluding carboxylic acids is 1. The van der Waals surface area contributed by atoms with Crippen LogP contribution in [0.2, 0.25) is 0 Å². The molecule has 1 fully saturated rings. The molecule has 2 N–H and O–H groups in total. The van der Waals surface area contributed by atoms with Crippen molar-refractivity contribution < 1.29 is 9.90 Å². The number of hydrogen-bond acceptors (Lipinski definition) is 4. The molecule has 0 atom stereocenters. The van der Waals surface area contributed by atoms with Gasteiger partial charge in [-0.1, -0.05) is 12.1 Å². The van der Waals surface area contributed by atoms with E-state index in [0.29, 0.717) is 11.5 Å². The van der Waals surface area contributed by atoms with Gasteiger partial charge in [0.25, 0.3) is 5.91 Å². The maximum Gasteiger partial charge on any atom is 0.251 e. The van der Waals surface area contributed by atoms with E-state index in [0.717, 1.165) is 42.3 Å². The molecule has 0 aliphatic heterocycles. The van der Waals surface area contributed by atoms with Crippen LogP contribution in [-0.4, -0.2) is 27.6 Å². The highest BCUT2D eigenvalue weighted by atomic mass is 32.1. The Morgan fingerprint density at radius 3 is 2.50 bits per heavy atom. The first-order valence-corrected chi connectivity index (χ1v) is 10.8. The fourth-order valence-corrected chi connectivity index (χ4v) is 4.90. The number of nitrogens with one attached hydrogen (secondary N) is 1. The van der Waals surface area contributed by atoms with Crippen LogP contribution in [0.3, 0.4) is 0 Å². The monoisotopic (exact) mass is 394 g/mol. The average molecular weight is 395 g/mol. The topological polar surface area (TPSA) is 62.2 Å². The van der Waals surface area contributed by atoms with Gasteiger partial charge in [-0.2, -0.15) is 0 Å². The standard InChI is InChI=1S/C23H26N2O2S/c1-23(2,27)17-7-9-18(10-8-17)25-22(26)16-5-3-15(4-6-16)21-19-12-14-28-20(19)11-13-24-21/h3-6,11-14,17-18,27H,7-10H2,1-2H3,(H,25,26). The summed E-state index contributed by atoms with van der Waals surface area (Å²) in [5, 5.41) is 16.5. The molecule has 0 bridgehead atoms. The van der Waals surface area contributed by atoms with Gasteiger partial charge >= 0.3 is 0 Å². The van der Waals surface area contributed by atoms with E-state index in [4.69, 9.17) is 0 Å². The Kier molecular flexibility index (Phi) is 5.21. The lowest BCUT2D eigenvalue weighted by atomic mass is 9.77. The Labute approximate surface area is 169 Å². The molecule has 2 aromatic heterocycles. The minimum atomic E-state index is -0.635. The van der Waals surface area contributed by atoms with Gasteiger partial charge in [0.05, 0.1) is 11.3 Å². The van der Waals surface area contributed by atoms with Gasteiger partial charge in [-0.05, 0) is 75.1 Å². The van der Waals surface area contributed by atoms with E-state index in [1.54, 1.807) is 11.3 Å². The summed E-state index contributed by atoms with van der Waals surface area (Å²) in [4.78, 5) is 17.2. The van der Waals surface area contributed by atoms with Crippen molar-refractivity contribution in [3.63, 3.8) is 0 Å². The Hall–Kier alpha value is -2.24. The SMILES string of the molecule is CC(C)(O)C1CCC(NC(=O)c2ccc(-c3nccc4sccc34)cc2)CC1. The zero-order chi connectivity index (χ0) is 19.7. The van der Waals surface area contributed by atoms with Crippen LogP contribution in [0, 0.1) is 5.92 Å². The number of aromatic nitrogens is 1. The summed E-state index contributed by atoms with van der Waals surface area (Å²) in [5.74, 6) is 0.284. The van der Waals surface area contributed by atoms with Gasteiger partial charge in [-0.15, -0.1) is 11.3 Å². The number of fused-ring (bicyclic) bond motifs is 1. The molecule has 0 radical (unpaired) electrons. The number of nitrogens with zero attached hydrogens (tertiary/aromatic N) is 1. The van der Waals surface area contributed by atoms with Gasteiger partial charge in [0.1, 0.15) is 0 Å². The summed E-state index contributed by atoms with van der Waals surface area (Å²) < 4.78 is 1.22. The van der Waals surface area contributed by atoms with Gasteiger partial charge in [-0.25, -0.2) is 0 Å². The van der Waals surface area contributed by atoms with Crippen LogP contribution in [0.15, 0.2) is 48.0 Å². The summed E-state index contributed by atoms with van der Waals surface area (Å²) in [7, 11) is 0. The average Bonchev–Trinajstić information content (AvgIpc) is 3.17. The van der Waals surface area contributed by atoms with E-state index < -0.39 is 5.60 Å². The number of rotatable bonds is 4. The Bertz CT molecular complexity index is 964. The molecule has 0 spiro atoms. The van der Waals surface area contributed by atoms with E-state index in [-0.39, 0.29) is 11.9 Å². The highest BCUT2D eigenvalue weighted by Gasteiger charge is 2.31. The highest BCUT2D eigenvalue weighted by molar-refractivity contribution is 7.17. The van der Waals surface area contributed by atoms with Gasteiger partial charge in [0, 0.05) is 33.5 Å². The summed E-state index contributed by atoms with van der Waals surface area (Å²) in [5.41, 5.74) is 2.01. The molecule has 5 heteroatoms. The third-order valence-electron chi connectivity index (χ3n) is 5.86. The van der Waals surface area contributed by atoms with Gasteiger partial charge in [0.15, 0.2) is 0 Å². The maximum atomic E-state index is 12.6. The molecular weight excluding hydrogens is 368 g/mol. The zero-order valence-corrected chi connectivity index (χ0v) is 17.1. The fourth-order valence-electron chi connectivity index (χ4n) is 4.12. The van der Waals surface area contributed by atoms with Crippen molar-refractivity contribution in [3.05, 3.63) is 53.5 Å². The highest BCUT2D eigenvalue weighted by Crippen LogP contribution is 2.33. The van der Waals surface area contributed by atoms with Crippen molar-refractivity contribution in [2.45, 2.75) is 51.2 Å². The second-order valence-corrected chi connectivity index (χ2v) is 9.19. The predicted molar refractivity (Wildman–Crippen MR) is 115 cm³/mol. The molecule has 3 aromatic rings. The normalized spacial score (nSPS) is 20.2. The summed E-state index contributed by atoms with van der Waals surface area (Å²) in [6.45, 7) is 3.76. The molecule has 4 rings (SSSR count). The molecule has 4 nitrogen and oxygen atoms in total. The predicted octanol–water partition coefficient (Wildman–Crippen LogP) is 5.02. The molecule has 1 saturated carbocycles. The number of thiophene rings is 1. The third kappa shape index (κ3) is 3.96. The van der Waals surface area contributed by atoms with Crippen molar-refractivity contribution in [3.8, 4) is 11.3 Å². The van der Waals surface area contributed by atoms with E-state index in [1.165, 1.54) is 4.70 Å². The Morgan fingerprint density at radius 1 is 1.11 bits per heavy atom. The number of hydrogen-bond donors (Lipinski definition) is 2. The van der Waals surface area contributed by atoms with Crippen molar-refractivity contribution in [1.29, 1.82) is 0 Å². The van der Waals surface area contributed by atoms with E-state index in [2.05, 4.69) is 21.7 Å². The molecule has 1 aliphatic carbocycles. The fraction of sp³-hybridized carbons (Fsp3) is 0.391. The first-order chi connectivity index (χ1) is 13.4. The molecule has 1 aliphatic rings. The maximum absolute atomic E-state index is 12.6. The number of carbonyl (C=O) groups is 1. The van der Waals surface area contributed by atoms with Crippen molar-refractivity contribution in [2.75, 3.05) is 0 Å². The van der Waals surface area contributed by atoms with Gasteiger partial charge < -0.3 is 10.4 Å². The van der Waals surface area contributed by atoms with Crippen molar-refractivity contribution in [2.24, 2.45) is 5.92 Å². The lowest BCUT2D eigenvalue weighted by Crippen LogP contribution is -2.41. The molecule has 1 aromatic carbocycles. The molecular formula is C23H26N2O2S. The molecule has 0 saturated heterocycles. The van der Waals surface area contributed by atoms with Crippen LogP contribution in [0.5, 0.6) is 0 Å². The largest absolute Gasteiger partial charge is 0.390 e. The summed E-state index contributed by atoms with van der Waals surface area (Å²) >= 11 is 1.71. The molecule has 146 valence electrons. The van der Waals surface area contributed by atoms with Crippen LogP contribution in [-0.2, 0) is 0 Å². The second-order valence-electron chi connectivity index (χ2n) is 8.24. The Balaban J connectivity index is 1.42. The van der Waals surface area contributed by atoms with Crippen LogP contribution < -0.4 is 5.32 Å². The van der Waals surface area contributed by atoms with Crippen molar-refractivity contribution in [1.82, 2.24) is 10.3 Å². The van der Waals surface area contributed by atoms with Gasteiger partial charge in [-0.3, -0.25) is 9.78 Å². The van der Waals surface area contributed by atoms with Crippen molar-refractivity contribution >= 4 is 27.3 Å². The number of pyridine rings is 1. The Morgan fingerprint density at radius 2 is 1.82 bits per heavy atom. The van der Waals surface area contributed by atoms with Crippen LogP contribution in [0.4, 0.5) is 0 Å². The number of aliphatic hydroxyl groups is 1. The van der Waals surface area contributed by atoms with Crippen LogP contribution in [0.25, 0.3) is 21.3 Å². The third-order valence-corrected chi connectivity index (χ3v) is 6.74. The van der Waals surface area contributed by atoms with Crippen LogP contribution in [0.1, 0.15) is 49.9 Å². The molecule has 0 unspecified atom stereocenters. The lowest BCUT2D eigenvalue weighted by Gasteiger charge is -2.36. The lowest BCUT2D eigenvalue weighted by molar-refractivity contribution is -0.00257. The van der Waals surface area contributed by atoms with E-state index in [9.17, 15) is 9.90 Å². The number of amides is 1. The smallest absolute Gasteiger partial charge is 0.251 e. The minimum absolute atomic E-state index is 0.0278. The van der Waals surface area contributed by atoms with E-state index in [1.807, 2.05) is 50.4 Å². The molecule has 2 heterocycles. The van der Waals surface area contributed by atoms with Gasteiger partial charge in [0.2, 0.25) is 0 Å². The van der Waals surface area contributed by atoms with E-state index >= 15 is 0 Å². The summed E-state index contributed by atoms with van der Waals surface area (Å²) in [6.07, 6.45) is 5.57.